The van der Waals surface area contributed by atoms with Crippen LogP contribution in [0.15, 0.2) is 66.7 Å². The van der Waals surface area contributed by atoms with Crippen molar-refractivity contribution in [2.75, 3.05) is 13.2 Å². The summed E-state index contributed by atoms with van der Waals surface area (Å²) in [7, 11) is 0. The number of carbonyl (C=O) groups excluding carboxylic acids is 1. The molecule has 0 N–H and O–H groups in total. The molecule has 0 radical (unpaired) electrons. The standard InChI is InChI=1S/C27H25N3O3/c1-3-15-33-27-29-24-12-8-11-23(26(31)32-4-2)25(24)30(27)18-19-13-14-22(21(16-19)17-28)20-9-6-5-7-10-20/h5-14,16H,3-4,15,18H2,1-2H3. The highest BCUT2D eigenvalue weighted by Gasteiger charge is 2.20. The van der Waals surface area contributed by atoms with E-state index in [-0.39, 0.29) is 6.61 Å². The molecule has 33 heavy (non-hydrogen) atoms. The topological polar surface area (TPSA) is 77.1 Å². The molecule has 4 aromatic rings. The van der Waals surface area contributed by atoms with Crippen LogP contribution in [0.5, 0.6) is 6.01 Å². The van der Waals surface area contributed by atoms with Crippen molar-refractivity contribution >= 4 is 17.0 Å². The number of carbonyl (C=O) groups is 1. The van der Waals surface area contributed by atoms with Gasteiger partial charge in [0.05, 0.1) is 48.0 Å². The van der Waals surface area contributed by atoms with E-state index in [4.69, 9.17) is 9.47 Å². The molecular weight excluding hydrogens is 414 g/mol. The van der Waals surface area contributed by atoms with E-state index in [0.717, 1.165) is 23.1 Å². The monoisotopic (exact) mass is 439 g/mol. The van der Waals surface area contributed by atoms with Crippen molar-refractivity contribution < 1.29 is 14.3 Å². The Morgan fingerprint density at radius 3 is 2.61 bits per heavy atom. The zero-order valence-electron chi connectivity index (χ0n) is 18.7. The number of aromatic nitrogens is 2. The number of rotatable bonds is 8. The van der Waals surface area contributed by atoms with E-state index in [2.05, 4.69) is 11.1 Å². The second kappa shape index (κ2) is 10.0. The summed E-state index contributed by atoms with van der Waals surface area (Å²) >= 11 is 0. The number of nitriles is 1. The maximum absolute atomic E-state index is 12.6. The largest absolute Gasteiger partial charge is 0.465 e. The molecule has 0 spiro atoms. The van der Waals surface area contributed by atoms with Gasteiger partial charge in [-0.05, 0) is 48.2 Å². The van der Waals surface area contributed by atoms with Crippen LogP contribution in [0.3, 0.4) is 0 Å². The molecular formula is C27H25N3O3. The minimum Gasteiger partial charge on any atom is -0.465 e. The van der Waals surface area contributed by atoms with Gasteiger partial charge < -0.3 is 9.47 Å². The van der Waals surface area contributed by atoms with E-state index in [1.807, 2.05) is 66.1 Å². The summed E-state index contributed by atoms with van der Waals surface area (Å²) in [6, 6.07) is 23.8. The first kappa shape index (κ1) is 22.1. The number of esters is 1. The lowest BCUT2D eigenvalue weighted by Crippen LogP contribution is -2.10. The van der Waals surface area contributed by atoms with E-state index in [9.17, 15) is 10.1 Å². The predicted octanol–water partition coefficient (Wildman–Crippen LogP) is 5.59. The average molecular weight is 440 g/mol. The molecule has 6 nitrogen and oxygen atoms in total. The lowest BCUT2D eigenvalue weighted by molar-refractivity contribution is 0.0528. The zero-order valence-corrected chi connectivity index (χ0v) is 18.7. The smallest absolute Gasteiger partial charge is 0.340 e. The van der Waals surface area contributed by atoms with Gasteiger partial charge in [-0.1, -0.05) is 55.5 Å². The summed E-state index contributed by atoms with van der Waals surface area (Å²) < 4.78 is 13.1. The van der Waals surface area contributed by atoms with E-state index >= 15 is 0 Å². The van der Waals surface area contributed by atoms with Crippen molar-refractivity contribution in [1.29, 1.82) is 5.26 Å². The molecule has 4 rings (SSSR count). The zero-order chi connectivity index (χ0) is 23.2. The van der Waals surface area contributed by atoms with Gasteiger partial charge in [0.25, 0.3) is 6.01 Å². The third kappa shape index (κ3) is 4.58. The third-order valence-electron chi connectivity index (χ3n) is 5.29. The summed E-state index contributed by atoms with van der Waals surface area (Å²) in [4.78, 5) is 17.3. The summed E-state index contributed by atoms with van der Waals surface area (Å²) in [5, 5.41) is 9.79. The number of imidazole rings is 1. The molecule has 0 unspecified atom stereocenters. The predicted molar refractivity (Wildman–Crippen MR) is 127 cm³/mol. The number of nitrogens with zero attached hydrogens (tertiary/aromatic N) is 3. The molecule has 1 aromatic heterocycles. The second-order valence-electron chi connectivity index (χ2n) is 7.58. The Kier molecular flexibility index (Phi) is 6.70. The number of fused-ring (bicyclic) bond motifs is 1. The van der Waals surface area contributed by atoms with Crippen LogP contribution in [0.1, 0.15) is 41.8 Å². The maximum Gasteiger partial charge on any atom is 0.340 e. The van der Waals surface area contributed by atoms with Crippen LogP contribution in [0.4, 0.5) is 0 Å². The fourth-order valence-corrected chi connectivity index (χ4v) is 3.82. The molecule has 0 saturated heterocycles. The Morgan fingerprint density at radius 1 is 1.06 bits per heavy atom. The number of ether oxygens (including phenoxy) is 2. The fraction of sp³-hybridized carbons (Fsp3) is 0.222. The summed E-state index contributed by atoms with van der Waals surface area (Å²) in [6.45, 7) is 5.00. The first-order valence-corrected chi connectivity index (χ1v) is 11.0. The third-order valence-corrected chi connectivity index (χ3v) is 5.29. The van der Waals surface area contributed by atoms with Crippen LogP contribution in [0.25, 0.3) is 22.2 Å². The van der Waals surface area contributed by atoms with E-state index < -0.39 is 5.97 Å². The second-order valence-corrected chi connectivity index (χ2v) is 7.58. The Labute approximate surface area is 193 Å². The molecule has 0 aliphatic heterocycles. The van der Waals surface area contributed by atoms with Crippen molar-refractivity contribution in [3.05, 3.63) is 83.4 Å². The van der Waals surface area contributed by atoms with Crippen LogP contribution in [-0.2, 0) is 11.3 Å². The first-order chi connectivity index (χ1) is 16.2. The van der Waals surface area contributed by atoms with Crippen LogP contribution in [-0.4, -0.2) is 28.7 Å². The first-order valence-electron chi connectivity index (χ1n) is 11.0. The lowest BCUT2D eigenvalue weighted by atomic mass is 9.98. The summed E-state index contributed by atoms with van der Waals surface area (Å²) in [6.07, 6.45) is 0.832. The highest BCUT2D eigenvalue weighted by atomic mass is 16.5. The van der Waals surface area contributed by atoms with Gasteiger partial charge in [0.15, 0.2) is 0 Å². The van der Waals surface area contributed by atoms with Gasteiger partial charge in [-0.25, -0.2) is 4.79 Å². The number of hydrogen-bond acceptors (Lipinski definition) is 5. The maximum atomic E-state index is 12.6. The molecule has 0 aliphatic carbocycles. The van der Waals surface area contributed by atoms with Crippen LogP contribution >= 0.6 is 0 Å². The van der Waals surface area contributed by atoms with Crippen molar-refractivity contribution in [3.63, 3.8) is 0 Å². The highest BCUT2D eigenvalue weighted by molar-refractivity contribution is 6.02. The summed E-state index contributed by atoms with van der Waals surface area (Å²) in [5.74, 6) is -0.400. The molecule has 0 fully saturated rings. The van der Waals surface area contributed by atoms with Crippen molar-refractivity contribution in [3.8, 4) is 23.2 Å². The number of hydrogen-bond donors (Lipinski definition) is 0. The van der Waals surface area contributed by atoms with Crippen LogP contribution in [0, 0.1) is 11.3 Å². The fourth-order valence-electron chi connectivity index (χ4n) is 3.82. The number of para-hydroxylation sites is 1. The van der Waals surface area contributed by atoms with E-state index in [1.54, 1.807) is 19.1 Å². The quantitative estimate of drug-likeness (QED) is 0.335. The van der Waals surface area contributed by atoms with Gasteiger partial charge in [0, 0.05) is 0 Å². The molecule has 0 bridgehead atoms. The molecule has 0 saturated carbocycles. The van der Waals surface area contributed by atoms with Crippen molar-refractivity contribution in [2.24, 2.45) is 0 Å². The molecule has 6 heteroatoms. The van der Waals surface area contributed by atoms with Crippen LogP contribution in [0.2, 0.25) is 0 Å². The number of benzene rings is 3. The minimum absolute atomic E-state index is 0.287. The van der Waals surface area contributed by atoms with Gasteiger partial charge in [0.1, 0.15) is 0 Å². The minimum atomic E-state index is -0.400. The molecule has 0 atom stereocenters. The van der Waals surface area contributed by atoms with Gasteiger partial charge in [-0.2, -0.15) is 10.2 Å². The van der Waals surface area contributed by atoms with Gasteiger partial charge in [-0.15, -0.1) is 0 Å². The highest BCUT2D eigenvalue weighted by Crippen LogP contribution is 2.29. The van der Waals surface area contributed by atoms with Crippen molar-refractivity contribution in [1.82, 2.24) is 9.55 Å². The van der Waals surface area contributed by atoms with E-state index in [1.165, 1.54) is 0 Å². The Hall–Kier alpha value is -4.11. The Balaban J connectivity index is 1.80. The molecule has 3 aromatic carbocycles. The lowest BCUT2D eigenvalue weighted by Gasteiger charge is -2.13. The SMILES string of the molecule is CCCOc1nc2cccc(C(=O)OCC)c2n1Cc1ccc(-c2ccccc2)c(C#N)c1. The Bertz CT molecular complexity index is 1320. The molecule has 0 amide bonds. The van der Waals surface area contributed by atoms with Gasteiger partial charge in [-0.3, -0.25) is 4.57 Å². The summed E-state index contributed by atoms with van der Waals surface area (Å²) in [5.41, 5.74) is 5.13. The molecule has 0 aliphatic rings. The Morgan fingerprint density at radius 2 is 1.88 bits per heavy atom. The van der Waals surface area contributed by atoms with Crippen LogP contribution < -0.4 is 4.74 Å². The van der Waals surface area contributed by atoms with Crippen molar-refractivity contribution in [2.45, 2.75) is 26.8 Å². The van der Waals surface area contributed by atoms with Gasteiger partial charge in [0.2, 0.25) is 0 Å². The molecule has 166 valence electrons. The normalized spacial score (nSPS) is 10.7. The average Bonchev–Trinajstić information content (AvgIpc) is 3.20. The van der Waals surface area contributed by atoms with E-state index in [0.29, 0.717) is 41.3 Å². The molecule has 1 heterocycles. The van der Waals surface area contributed by atoms with Gasteiger partial charge >= 0.3 is 5.97 Å².